The summed E-state index contributed by atoms with van der Waals surface area (Å²) in [5.74, 6) is -0.348. The Bertz CT molecular complexity index is 563. The number of rotatable bonds is 4. The molecule has 94 valence electrons. The number of carbonyl (C=O) groups is 1. The first-order chi connectivity index (χ1) is 8.58. The Morgan fingerprint density at radius 1 is 1.11 bits per heavy atom. The van der Waals surface area contributed by atoms with Crippen LogP contribution >= 0.6 is 0 Å². The second-order valence-electron chi connectivity index (χ2n) is 4.76. The lowest BCUT2D eigenvalue weighted by Gasteiger charge is -2.19. The molecule has 1 amide bonds. The lowest BCUT2D eigenvalue weighted by Crippen LogP contribution is -2.37. The van der Waals surface area contributed by atoms with Crippen LogP contribution in [0, 0.1) is 0 Å². The second kappa shape index (κ2) is 5.19. The van der Waals surface area contributed by atoms with Gasteiger partial charge in [0, 0.05) is 6.04 Å². The Labute approximate surface area is 107 Å². The van der Waals surface area contributed by atoms with Gasteiger partial charge in [-0.3, -0.25) is 10.1 Å². The van der Waals surface area contributed by atoms with Crippen molar-refractivity contribution in [1.82, 2.24) is 5.32 Å². The molecule has 0 aromatic heterocycles. The fourth-order valence-corrected chi connectivity index (χ4v) is 2.06. The van der Waals surface area contributed by atoms with Crippen molar-refractivity contribution in [1.29, 1.82) is 0 Å². The maximum atomic E-state index is 11.5. The van der Waals surface area contributed by atoms with Crippen LogP contribution in [-0.2, 0) is 4.79 Å². The number of carbonyl (C=O) groups excluding carboxylic acids is 1. The Morgan fingerprint density at radius 3 is 2.39 bits per heavy atom. The van der Waals surface area contributed by atoms with Gasteiger partial charge in [-0.15, -0.1) is 0 Å². The van der Waals surface area contributed by atoms with Crippen molar-refractivity contribution in [3.63, 3.8) is 0 Å². The lowest BCUT2D eigenvalue weighted by atomic mass is 10.0. The van der Waals surface area contributed by atoms with Crippen molar-refractivity contribution in [2.75, 3.05) is 0 Å². The molecule has 2 aromatic carbocycles. The molecule has 0 aliphatic carbocycles. The molecule has 2 aromatic rings. The molecule has 0 saturated heterocycles. The molecule has 2 rings (SSSR count). The molecule has 1 atom stereocenters. The van der Waals surface area contributed by atoms with Crippen LogP contribution < -0.4 is 11.1 Å². The van der Waals surface area contributed by atoms with Gasteiger partial charge in [-0.25, -0.2) is 0 Å². The van der Waals surface area contributed by atoms with Crippen molar-refractivity contribution in [2.45, 2.75) is 25.9 Å². The van der Waals surface area contributed by atoms with Crippen LogP contribution in [-0.4, -0.2) is 11.9 Å². The van der Waals surface area contributed by atoms with Gasteiger partial charge in [0.1, 0.15) is 6.04 Å². The maximum absolute atomic E-state index is 11.5. The van der Waals surface area contributed by atoms with Gasteiger partial charge in [0.2, 0.25) is 5.91 Å². The number of benzene rings is 2. The molecule has 3 heteroatoms. The van der Waals surface area contributed by atoms with Crippen LogP contribution in [0.5, 0.6) is 0 Å². The number of hydrogen-bond donors (Lipinski definition) is 2. The first kappa shape index (κ1) is 12.6. The Morgan fingerprint density at radius 2 is 1.78 bits per heavy atom. The lowest BCUT2D eigenvalue weighted by molar-refractivity contribution is -0.120. The fraction of sp³-hybridized carbons (Fsp3) is 0.267. The van der Waals surface area contributed by atoms with Crippen LogP contribution in [0.25, 0.3) is 10.8 Å². The minimum absolute atomic E-state index is 0.203. The molecule has 0 spiro atoms. The molecule has 0 heterocycles. The molecular formula is C15H18N2O. The molecule has 0 saturated carbocycles. The minimum Gasteiger partial charge on any atom is -0.368 e. The zero-order valence-electron chi connectivity index (χ0n) is 10.7. The van der Waals surface area contributed by atoms with Gasteiger partial charge in [0.05, 0.1) is 0 Å². The monoisotopic (exact) mass is 242 g/mol. The van der Waals surface area contributed by atoms with Gasteiger partial charge < -0.3 is 5.73 Å². The summed E-state index contributed by atoms with van der Waals surface area (Å²) in [5, 5.41) is 5.46. The SMILES string of the molecule is CC(C)NC(C(N)=O)c1ccc2ccccc2c1. The molecule has 18 heavy (non-hydrogen) atoms. The van der Waals surface area contributed by atoms with E-state index in [-0.39, 0.29) is 11.9 Å². The molecule has 0 fully saturated rings. The first-order valence-corrected chi connectivity index (χ1v) is 6.12. The predicted octanol–water partition coefficient (Wildman–Crippen LogP) is 2.36. The summed E-state index contributed by atoms with van der Waals surface area (Å²) in [6, 6.07) is 13.8. The molecule has 0 radical (unpaired) electrons. The van der Waals surface area contributed by atoms with E-state index in [9.17, 15) is 4.79 Å². The number of hydrogen-bond acceptors (Lipinski definition) is 2. The van der Waals surface area contributed by atoms with Gasteiger partial charge in [0.15, 0.2) is 0 Å². The van der Waals surface area contributed by atoms with Gasteiger partial charge in [-0.1, -0.05) is 36.4 Å². The Balaban J connectivity index is 2.41. The third-order valence-electron chi connectivity index (χ3n) is 2.89. The van der Waals surface area contributed by atoms with Crippen LogP contribution in [0.15, 0.2) is 42.5 Å². The minimum atomic E-state index is -0.436. The quantitative estimate of drug-likeness (QED) is 0.864. The van der Waals surface area contributed by atoms with Crippen LogP contribution in [0.1, 0.15) is 25.5 Å². The Kier molecular flexibility index (Phi) is 3.63. The maximum Gasteiger partial charge on any atom is 0.239 e. The van der Waals surface area contributed by atoms with E-state index < -0.39 is 6.04 Å². The van der Waals surface area contributed by atoms with Crippen molar-refractivity contribution in [3.8, 4) is 0 Å². The molecule has 3 nitrogen and oxygen atoms in total. The van der Waals surface area contributed by atoms with E-state index in [0.29, 0.717) is 0 Å². The number of amides is 1. The second-order valence-corrected chi connectivity index (χ2v) is 4.76. The zero-order valence-corrected chi connectivity index (χ0v) is 10.7. The summed E-state index contributed by atoms with van der Waals surface area (Å²) in [6.45, 7) is 3.99. The highest BCUT2D eigenvalue weighted by atomic mass is 16.1. The topological polar surface area (TPSA) is 55.1 Å². The smallest absolute Gasteiger partial charge is 0.239 e. The zero-order chi connectivity index (χ0) is 13.1. The van der Waals surface area contributed by atoms with Crippen LogP contribution in [0.4, 0.5) is 0 Å². The number of fused-ring (bicyclic) bond motifs is 1. The van der Waals surface area contributed by atoms with E-state index in [1.807, 2.05) is 56.3 Å². The average Bonchev–Trinajstić information content (AvgIpc) is 2.35. The van der Waals surface area contributed by atoms with Gasteiger partial charge in [-0.2, -0.15) is 0 Å². The third kappa shape index (κ3) is 2.68. The summed E-state index contributed by atoms with van der Waals surface area (Å²) in [4.78, 5) is 11.5. The summed E-state index contributed by atoms with van der Waals surface area (Å²) in [7, 11) is 0. The van der Waals surface area contributed by atoms with Crippen LogP contribution in [0.2, 0.25) is 0 Å². The van der Waals surface area contributed by atoms with E-state index in [1.54, 1.807) is 0 Å². The molecule has 1 unspecified atom stereocenters. The molecule has 0 bridgehead atoms. The van der Waals surface area contributed by atoms with E-state index in [4.69, 9.17) is 5.73 Å². The highest BCUT2D eigenvalue weighted by Crippen LogP contribution is 2.20. The van der Waals surface area contributed by atoms with E-state index in [1.165, 1.54) is 0 Å². The summed E-state index contributed by atoms with van der Waals surface area (Å²) < 4.78 is 0. The normalized spacial score (nSPS) is 12.8. The largest absolute Gasteiger partial charge is 0.368 e. The van der Waals surface area contributed by atoms with Gasteiger partial charge in [-0.05, 0) is 36.2 Å². The summed E-state index contributed by atoms with van der Waals surface area (Å²) in [6.07, 6.45) is 0. The Hall–Kier alpha value is -1.87. The van der Waals surface area contributed by atoms with E-state index in [2.05, 4.69) is 5.32 Å². The van der Waals surface area contributed by atoms with Crippen molar-refractivity contribution in [3.05, 3.63) is 48.0 Å². The average molecular weight is 242 g/mol. The number of nitrogens with one attached hydrogen (secondary N) is 1. The van der Waals surface area contributed by atoms with Gasteiger partial charge >= 0.3 is 0 Å². The van der Waals surface area contributed by atoms with Gasteiger partial charge in [0.25, 0.3) is 0 Å². The number of primary amides is 1. The molecule has 0 aliphatic rings. The standard InChI is InChI=1S/C15H18N2O/c1-10(2)17-14(15(16)18)13-8-7-11-5-3-4-6-12(11)9-13/h3-10,14,17H,1-2H3,(H2,16,18). The number of nitrogens with two attached hydrogens (primary N) is 1. The van der Waals surface area contributed by atoms with E-state index in [0.717, 1.165) is 16.3 Å². The first-order valence-electron chi connectivity index (χ1n) is 6.12. The van der Waals surface area contributed by atoms with Crippen molar-refractivity contribution in [2.24, 2.45) is 5.73 Å². The predicted molar refractivity (Wildman–Crippen MR) is 74.2 cm³/mol. The molecular weight excluding hydrogens is 224 g/mol. The molecule has 0 aliphatic heterocycles. The highest BCUT2D eigenvalue weighted by Gasteiger charge is 2.18. The van der Waals surface area contributed by atoms with Crippen molar-refractivity contribution >= 4 is 16.7 Å². The summed E-state index contributed by atoms with van der Waals surface area (Å²) >= 11 is 0. The van der Waals surface area contributed by atoms with Crippen molar-refractivity contribution < 1.29 is 4.79 Å². The fourth-order valence-electron chi connectivity index (χ4n) is 2.06. The highest BCUT2D eigenvalue weighted by molar-refractivity contribution is 5.86. The van der Waals surface area contributed by atoms with E-state index >= 15 is 0 Å². The van der Waals surface area contributed by atoms with Crippen LogP contribution in [0.3, 0.4) is 0 Å². The summed E-state index contributed by atoms with van der Waals surface area (Å²) in [5.41, 5.74) is 6.37. The third-order valence-corrected chi connectivity index (χ3v) is 2.89. The molecule has 3 N–H and O–H groups in total.